The lowest BCUT2D eigenvalue weighted by Crippen LogP contribution is -2.41. The molecule has 1 aliphatic heterocycles. The van der Waals surface area contributed by atoms with Crippen LogP contribution in [0.2, 0.25) is 0 Å². The van der Waals surface area contributed by atoms with Crippen molar-refractivity contribution in [1.82, 2.24) is 10.2 Å². The number of nitrogens with zero attached hydrogens (tertiary/aromatic N) is 1. The minimum Gasteiger partial charge on any atom is -0.493 e. The number of ether oxygens (including phenoxy) is 2. The zero-order valence-corrected chi connectivity index (χ0v) is 17.1. The first kappa shape index (κ1) is 20.0. The van der Waals surface area contributed by atoms with Crippen LogP contribution in [0, 0.1) is 0 Å². The lowest BCUT2D eigenvalue weighted by Gasteiger charge is -2.28. The van der Waals surface area contributed by atoms with Crippen molar-refractivity contribution in [3.05, 3.63) is 65.4 Å². The number of urea groups is 1. The standard InChI is InChI=1S/C24H26N2O4/c1-29-22-15-18(12-13-21(22)30-16-17-8-4-2-5-9-17)14-20-23(27)26(24(28)25-20)19-10-6-3-7-11-19/h2,4-5,8-9,12-15,19H,3,6-7,10-11,16H2,1H3,(H,25,28)/b20-14-. The molecule has 1 saturated heterocycles. The van der Waals surface area contributed by atoms with E-state index in [0.29, 0.717) is 23.8 Å². The van der Waals surface area contributed by atoms with E-state index in [0.717, 1.165) is 36.8 Å². The molecule has 0 atom stereocenters. The molecule has 4 rings (SSSR count). The Balaban J connectivity index is 1.49. The van der Waals surface area contributed by atoms with Gasteiger partial charge in [0.15, 0.2) is 11.5 Å². The number of imide groups is 1. The number of carbonyl (C=O) groups is 2. The Hall–Kier alpha value is -3.28. The van der Waals surface area contributed by atoms with Crippen LogP contribution in [-0.4, -0.2) is 30.0 Å². The highest BCUT2D eigenvalue weighted by Crippen LogP contribution is 2.31. The maximum Gasteiger partial charge on any atom is 0.329 e. The zero-order chi connectivity index (χ0) is 20.9. The van der Waals surface area contributed by atoms with Gasteiger partial charge in [-0.2, -0.15) is 0 Å². The van der Waals surface area contributed by atoms with E-state index >= 15 is 0 Å². The van der Waals surface area contributed by atoms with E-state index in [2.05, 4.69) is 5.32 Å². The van der Waals surface area contributed by atoms with Gasteiger partial charge in [-0.15, -0.1) is 0 Å². The van der Waals surface area contributed by atoms with E-state index in [9.17, 15) is 9.59 Å². The fraction of sp³-hybridized carbons (Fsp3) is 0.333. The highest BCUT2D eigenvalue weighted by atomic mass is 16.5. The molecule has 6 nitrogen and oxygen atoms in total. The first-order valence-corrected chi connectivity index (χ1v) is 10.4. The van der Waals surface area contributed by atoms with Gasteiger partial charge in [-0.05, 0) is 42.2 Å². The molecule has 0 unspecified atom stereocenters. The topological polar surface area (TPSA) is 67.9 Å². The predicted molar refractivity (Wildman–Crippen MR) is 114 cm³/mol. The monoisotopic (exact) mass is 406 g/mol. The molecular formula is C24H26N2O4. The Morgan fingerprint density at radius 3 is 2.53 bits per heavy atom. The van der Waals surface area contributed by atoms with Gasteiger partial charge in [-0.3, -0.25) is 9.69 Å². The maximum atomic E-state index is 12.8. The van der Waals surface area contributed by atoms with E-state index in [4.69, 9.17) is 9.47 Å². The molecule has 1 saturated carbocycles. The average Bonchev–Trinajstić information content (AvgIpc) is 3.06. The molecule has 30 heavy (non-hydrogen) atoms. The second-order valence-electron chi connectivity index (χ2n) is 7.64. The zero-order valence-electron chi connectivity index (χ0n) is 17.1. The van der Waals surface area contributed by atoms with Crippen LogP contribution in [0.15, 0.2) is 54.2 Å². The van der Waals surface area contributed by atoms with Crippen LogP contribution in [-0.2, 0) is 11.4 Å². The normalized spacial score (nSPS) is 18.6. The number of methoxy groups -OCH3 is 1. The van der Waals surface area contributed by atoms with Gasteiger partial charge in [-0.25, -0.2) is 4.79 Å². The third-order valence-electron chi connectivity index (χ3n) is 5.59. The van der Waals surface area contributed by atoms with Crippen LogP contribution < -0.4 is 14.8 Å². The summed E-state index contributed by atoms with van der Waals surface area (Å²) in [6.07, 6.45) is 6.74. The molecule has 6 heteroatoms. The highest BCUT2D eigenvalue weighted by Gasteiger charge is 2.38. The van der Waals surface area contributed by atoms with Crippen LogP contribution >= 0.6 is 0 Å². The van der Waals surface area contributed by atoms with Gasteiger partial charge < -0.3 is 14.8 Å². The second kappa shape index (κ2) is 9.03. The molecule has 0 radical (unpaired) electrons. The Kier molecular flexibility index (Phi) is 6.02. The van der Waals surface area contributed by atoms with Crippen molar-refractivity contribution in [3.8, 4) is 11.5 Å². The third kappa shape index (κ3) is 4.32. The summed E-state index contributed by atoms with van der Waals surface area (Å²) in [5, 5.41) is 2.72. The molecule has 156 valence electrons. The molecule has 0 bridgehead atoms. The number of nitrogens with one attached hydrogen (secondary N) is 1. The van der Waals surface area contributed by atoms with E-state index in [1.165, 1.54) is 11.3 Å². The van der Waals surface area contributed by atoms with Crippen molar-refractivity contribution < 1.29 is 19.1 Å². The molecule has 2 fully saturated rings. The lowest BCUT2D eigenvalue weighted by molar-refractivity contribution is -0.124. The van der Waals surface area contributed by atoms with Gasteiger partial charge in [0.1, 0.15) is 12.3 Å². The Bertz CT molecular complexity index is 949. The van der Waals surface area contributed by atoms with Crippen molar-refractivity contribution >= 4 is 18.0 Å². The van der Waals surface area contributed by atoms with Crippen molar-refractivity contribution in [2.45, 2.75) is 44.8 Å². The van der Waals surface area contributed by atoms with E-state index in [-0.39, 0.29) is 18.0 Å². The summed E-state index contributed by atoms with van der Waals surface area (Å²) in [6, 6.07) is 15.0. The average molecular weight is 406 g/mol. The molecule has 3 amide bonds. The van der Waals surface area contributed by atoms with Gasteiger partial charge in [0.2, 0.25) is 0 Å². The number of hydrogen-bond acceptors (Lipinski definition) is 4. The van der Waals surface area contributed by atoms with Crippen LogP contribution in [0.25, 0.3) is 6.08 Å². The minimum absolute atomic E-state index is 0.000415. The third-order valence-corrected chi connectivity index (χ3v) is 5.59. The first-order chi connectivity index (χ1) is 14.7. The van der Waals surface area contributed by atoms with E-state index in [1.54, 1.807) is 19.3 Å². The lowest BCUT2D eigenvalue weighted by atomic mass is 9.94. The Morgan fingerprint density at radius 1 is 1.03 bits per heavy atom. The predicted octanol–water partition coefficient (Wildman–Crippen LogP) is 4.50. The van der Waals surface area contributed by atoms with Gasteiger partial charge in [0.05, 0.1) is 7.11 Å². The SMILES string of the molecule is COc1cc(/C=C2\NC(=O)N(C3CCCCC3)C2=O)ccc1OCc1ccccc1. The molecule has 0 spiro atoms. The Labute approximate surface area is 176 Å². The van der Waals surface area contributed by atoms with Crippen LogP contribution in [0.4, 0.5) is 4.79 Å². The number of benzene rings is 2. The fourth-order valence-corrected chi connectivity index (χ4v) is 4.01. The van der Waals surface area contributed by atoms with Crippen molar-refractivity contribution in [2.75, 3.05) is 7.11 Å². The van der Waals surface area contributed by atoms with Gasteiger partial charge in [0.25, 0.3) is 5.91 Å². The minimum atomic E-state index is -0.326. The van der Waals surface area contributed by atoms with Crippen LogP contribution in [0.1, 0.15) is 43.2 Å². The molecule has 1 aliphatic carbocycles. The summed E-state index contributed by atoms with van der Waals surface area (Å²) in [5.74, 6) is 0.936. The highest BCUT2D eigenvalue weighted by molar-refractivity contribution is 6.14. The van der Waals surface area contributed by atoms with Gasteiger partial charge in [-0.1, -0.05) is 55.7 Å². The first-order valence-electron chi connectivity index (χ1n) is 10.4. The summed E-state index contributed by atoms with van der Waals surface area (Å²) < 4.78 is 11.3. The molecule has 1 N–H and O–H groups in total. The van der Waals surface area contributed by atoms with Crippen molar-refractivity contribution in [2.24, 2.45) is 0 Å². The smallest absolute Gasteiger partial charge is 0.329 e. The molecule has 2 aromatic carbocycles. The quantitative estimate of drug-likeness (QED) is 0.567. The largest absolute Gasteiger partial charge is 0.493 e. The number of rotatable bonds is 6. The molecule has 2 aliphatic rings. The van der Waals surface area contributed by atoms with Crippen LogP contribution in [0.3, 0.4) is 0 Å². The fourth-order valence-electron chi connectivity index (χ4n) is 4.01. The van der Waals surface area contributed by atoms with E-state index < -0.39 is 0 Å². The van der Waals surface area contributed by atoms with E-state index in [1.807, 2.05) is 42.5 Å². The molecular weight excluding hydrogens is 380 g/mol. The number of amides is 3. The summed E-state index contributed by atoms with van der Waals surface area (Å²) in [6.45, 7) is 0.433. The summed E-state index contributed by atoms with van der Waals surface area (Å²) in [7, 11) is 1.58. The van der Waals surface area contributed by atoms with Crippen molar-refractivity contribution in [3.63, 3.8) is 0 Å². The molecule has 2 aromatic rings. The molecule has 1 heterocycles. The summed E-state index contributed by atoms with van der Waals surface area (Å²) in [5.41, 5.74) is 2.12. The second-order valence-corrected chi connectivity index (χ2v) is 7.64. The van der Waals surface area contributed by atoms with Gasteiger partial charge in [0, 0.05) is 6.04 Å². The maximum absolute atomic E-state index is 12.8. The Morgan fingerprint density at radius 2 is 1.80 bits per heavy atom. The summed E-state index contributed by atoms with van der Waals surface area (Å²) >= 11 is 0. The number of carbonyl (C=O) groups excluding carboxylic acids is 2. The summed E-state index contributed by atoms with van der Waals surface area (Å²) in [4.78, 5) is 26.6. The van der Waals surface area contributed by atoms with Crippen molar-refractivity contribution in [1.29, 1.82) is 0 Å². The molecule has 0 aromatic heterocycles. The number of hydrogen-bond donors (Lipinski definition) is 1. The van der Waals surface area contributed by atoms with Crippen LogP contribution in [0.5, 0.6) is 11.5 Å². The van der Waals surface area contributed by atoms with Gasteiger partial charge >= 0.3 is 6.03 Å².